The summed E-state index contributed by atoms with van der Waals surface area (Å²) in [6.45, 7) is 0.579. The van der Waals surface area contributed by atoms with Crippen LogP contribution in [0, 0.1) is 0 Å². The van der Waals surface area contributed by atoms with Crippen LogP contribution in [0.3, 0.4) is 0 Å². The molecule has 0 atom stereocenters. The summed E-state index contributed by atoms with van der Waals surface area (Å²) in [7, 11) is 0. The van der Waals surface area contributed by atoms with Gasteiger partial charge in [-0.2, -0.15) is 5.10 Å². The molecular formula is C12H10ClN5. The Balaban J connectivity index is 1.94. The van der Waals surface area contributed by atoms with E-state index in [4.69, 9.17) is 11.6 Å². The average molecular weight is 260 g/mol. The monoisotopic (exact) mass is 259 g/mol. The molecule has 0 saturated heterocycles. The summed E-state index contributed by atoms with van der Waals surface area (Å²) in [5.74, 6) is 0.820. The molecule has 2 heterocycles. The lowest BCUT2D eigenvalue weighted by Crippen LogP contribution is -2.07. The van der Waals surface area contributed by atoms with Crippen LogP contribution < -0.4 is 0 Å². The minimum absolute atomic E-state index is 0.579. The van der Waals surface area contributed by atoms with E-state index in [1.807, 2.05) is 41.1 Å². The molecule has 0 spiro atoms. The third-order valence-corrected chi connectivity index (χ3v) is 2.84. The Morgan fingerprint density at radius 3 is 2.72 bits per heavy atom. The summed E-state index contributed by atoms with van der Waals surface area (Å²) in [5.41, 5.74) is 0.978. The van der Waals surface area contributed by atoms with E-state index < -0.39 is 0 Å². The number of hydrogen-bond acceptors (Lipinski definition) is 3. The second-order valence-electron chi connectivity index (χ2n) is 3.80. The maximum Gasteiger partial charge on any atom is 0.159 e. The third kappa shape index (κ3) is 2.12. The van der Waals surface area contributed by atoms with Gasteiger partial charge >= 0.3 is 0 Å². The number of aromatic nitrogens is 5. The fraction of sp³-hybridized carbons (Fsp3) is 0.0833. The van der Waals surface area contributed by atoms with Crippen molar-refractivity contribution in [3.05, 3.63) is 59.9 Å². The van der Waals surface area contributed by atoms with Crippen LogP contribution >= 0.6 is 11.6 Å². The van der Waals surface area contributed by atoms with Crippen molar-refractivity contribution in [2.24, 2.45) is 0 Å². The SMILES string of the molecule is Clc1ccc(-n2cnnc2Cn2cccn2)cc1. The van der Waals surface area contributed by atoms with E-state index in [1.165, 1.54) is 0 Å². The zero-order chi connectivity index (χ0) is 12.4. The van der Waals surface area contributed by atoms with Crippen molar-refractivity contribution in [3.63, 3.8) is 0 Å². The molecule has 0 saturated carbocycles. The maximum absolute atomic E-state index is 5.87. The van der Waals surface area contributed by atoms with Gasteiger partial charge in [0.2, 0.25) is 0 Å². The Morgan fingerprint density at radius 2 is 2.00 bits per heavy atom. The number of rotatable bonds is 3. The average Bonchev–Trinajstić information content (AvgIpc) is 3.02. The minimum Gasteiger partial charge on any atom is -0.284 e. The van der Waals surface area contributed by atoms with Gasteiger partial charge in [0.1, 0.15) is 12.9 Å². The molecule has 0 radical (unpaired) electrons. The molecule has 0 aliphatic heterocycles. The predicted molar refractivity (Wildman–Crippen MR) is 67.7 cm³/mol. The van der Waals surface area contributed by atoms with Crippen LogP contribution in [-0.4, -0.2) is 24.5 Å². The lowest BCUT2D eigenvalue weighted by Gasteiger charge is -2.06. The van der Waals surface area contributed by atoms with E-state index in [0.29, 0.717) is 11.6 Å². The van der Waals surface area contributed by atoms with Crippen LogP contribution in [0.15, 0.2) is 49.1 Å². The van der Waals surface area contributed by atoms with E-state index in [2.05, 4.69) is 15.3 Å². The van der Waals surface area contributed by atoms with Crippen molar-refractivity contribution in [2.75, 3.05) is 0 Å². The largest absolute Gasteiger partial charge is 0.284 e. The highest BCUT2D eigenvalue weighted by atomic mass is 35.5. The molecular weight excluding hydrogens is 250 g/mol. The van der Waals surface area contributed by atoms with Gasteiger partial charge in [0.05, 0.1) is 0 Å². The second-order valence-corrected chi connectivity index (χ2v) is 4.23. The standard InChI is InChI=1S/C12H10ClN5/c13-10-2-4-11(5-3-10)18-9-14-16-12(18)8-17-7-1-6-15-17/h1-7,9H,8H2. The molecule has 0 unspecified atom stereocenters. The Bertz CT molecular complexity index is 627. The molecule has 0 fully saturated rings. The van der Waals surface area contributed by atoms with Gasteiger partial charge in [0.25, 0.3) is 0 Å². The van der Waals surface area contributed by atoms with E-state index in [1.54, 1.807) is 17.2 Å². The third-order valence-electron chi connectivity index (χ3n) is 2.59. The molecule has 0 aliphatic rings. The fourth-order valence-electron chi connectivity index (χ4n) is 1.72. The van der Waals surface area contributed by atoms with Crippen LogP contribution in [-0.2, 0) is 6.54 Å². The van der Waals surface area contributed by atoms with Crippen molar-refractivity contribution in [1.82, 2.24) is 24.5 Å². The lowest BCUT2D eigenvalue weighted by atomic mass is 10.3. The van der Waals surface area contributed by atoms with Gasteiger partial charge < -0.3 is 0 Å². The highest BCUT2D eigenvalue weighted by Crippen LogP contribution is 2.14. The highest BCUT2D eigenvalue weighted by molar-refractivity contribution is 6.30. The Labute approximate surface area is 109 Å². The van der Waals surface area contributed by atoms with E-state index in [9.17, 15) is 0 Å². The van der Waals surface area contributed by atoms with Crippen molar-refractivity contribution >= 4 is 11.6 Å². The summed E-state index contributed by atoms with van der Waals surface area (Å²) in [6, 6.07) is 9.42. The number of benzene rings is 1. The first-order chi connectivity index (χ1) is 8.83. The maximum atomic E-state index is 5.87. The number of hydrogen-bond donors (Lipinski definition) is 0. The minimum atomic E-state index is 0.579. The van der Waals surface area contributed by atoms with E-state index in [0.717, 1.165) is 11.5 Å². The van der Waals surface area contributed by atoms with Gasteiger partial charge in [0.15, 0.2) is 5.82 Å². The van der Waals surface area contributed by atoms with Crippen molar-refractivity contribution in [2.45, 2.75) is 6.54 Å². The van der Waals surface area contributed by atoms with Crippen LogP contribution in [0.4, 0.5) is 0 Å². The summed E-state index contributed by atoms with van der Waals surface area (Å²) >= 11 is 5.87. The summed E-state index contributed by atoms with van der Waals surface area (Å²) < 4.78 is 3.72. The molecule has 0 N–H and O–H groups in total. The normalized spacial score (nSPS) is 10.7. The van der Waals surface area contributed by atoms with Crippen LogP contribution in [0.1, 0.15) is 5.82 Å². The van der Waals surface area contributed by atoms with Crippen molar-refractivity contribution in [1.29, 1.82) is 0 Å². The van der Waals surface area contributed by atoms with Gasteiger partial charge in [-0.3, -0.25) is 9.25 Å². The molecule has 5 nitrogen and oxygen atoms in total. The molecule has 2 aromatic heterocycles. The van der Waals surface area contributed by atoms with Gasteiger partial charge in [-0.05, 0) is 30.3 Å². The zero-order valence-electron chi connectivity index (χ0n) is 9.44. The molecule has 3 rings (SSSR count). The number of halogens is 1. The molecule has 0 aliphatic carbocycles. The molecule has 6 heteroatoms. The second kappa shape index (κ2) is 4.62. The van der Waals surface area contributed by atoms with Gasteiger partial charge in [0, 0.05) is 23.1 Å². The van der Waals surface area contributed by atoms with E-state index >= 15 is 0 Å². The number of nitrogens with zero attached hydrogens (tertiary/aromatic N) is 5. The summed E-state index contributed by atoms with van der Waals surface area (Å²) in [4.78, 5) is 0. The Kier molecular flexibility index (Phi) is 2.82. The zero-order valence-corrected chi connectivity index (χ0v) is 10.2. The predicted octanol–water partition coefficient (Wildman–Crippen LogP) is 2.17. The molecule has 3 aromatic rings. The van der Waals surface area contributed by atoms with E-state index in [-0.39, 0.29) is 0 Å². The van der Waals surface area contributed by atoms with Gasteiger partial charge in [-0.25, -0.2) is 0 Å². The van der Waals surface area contributed by atoms with Crippen LogP contribution in [0.25, 0.3) is 5.69 Å². The highest BCUT2D eigenvalue weighted by Gasteiger charge is 2.07. The van der Waals surface area contributed by atoms with Gasteiger partial charge in [-0.1, -0.05) is 11.6 Å². The summed E-state index contributed by atoms with van der Waals surface area (Å²) in [5, 5.41) is 12.9. The smallest absolute Gasteiger partial charge is 0.159 e. The molecule has 1 aromatic carbocycles. The molecule has 0 bridgehead atoms. The topological polar surface area (TPSA) is 48.5 Å². The Hall–Kier alpha value is -2.14. The molecule has 90 valence electrons. The van der Waals surface area contributed by atoms with Crippen LogP contribution in [0.5, 0.6) is 0 Å². The molecule has 0 amide bonds. The first kappa shape index (κ1) is 11.0. The summed E-state index contributed by atoms with van der Waals surface area (Å²) in [6.07, 6.45) is 5.31. The lowest BCUT2D eigenvalue weighted by molar-refractivity contribution is 0.644. The molecule has 18 heavy (non-hydrogen) atoms. The van der Waals surface area contributed by atoms with Gasteiger partial charge in [-0.15, -0.1) is 10.2 Å². The first-order valence-electron chi connectivity index (χ1n) is 5.45. The fourth-order valence-corrected chi connectivity index (χ4v) is 1.85. The Morgan fingerprint density at radius 1 is 1.17 bits per heavy atom. The van der Waals surface area contributed by atoms with Crippen molar-refractivity contribution < 1.29 is 0 Å². The quantitative estimate of drug-likeness (QED) is 0.724. The first-order valence-corrected chi connectivity index (χ1v) is 5.83. The van der Waals surface area contributed by atoms with Crippen LogP contribution in [0.2, 0.25) is 5.02 Å². The van der Waals surface area contributed by atoms with Crippen molar-refractivity contribution in [3.8, 4) is 5.69 Å².